The fourth-order valence-corrected chi connectivity index (χ4v) is 2.06. The van der Waals surface area contributed by atoms with E-state index in [1.165, 1.54) is 0 Å². The van der Waals surface area contributed by atoms with Crippen molar-refractivity contribution in [3.05, 3.63) is 28.8 Å². The Morgan fingerprint density at radius 1 is 1.53 bits per heavy atom. The molecule has 0 heterocycles. The van der Waals surface area contributed by atoms with Gasteiger partial charge in [-0.15, -0.1) is 0 Å². The number of rotatable bonds is 5. The number of benzene rings is 1. The Kier molecular flexibility index (Phi) is 4.82. The average molecular weight is 256 g/mol. The third-order valence-corrected chi connectivity index (χ3v) is 2.99. The number of carbonyl (C=O) groups is 1. The number of halogens is 1. The Morgan fingerprint density at radius 2 is 2.18 bits per heavy atom. The van der Waals surface area contributed by atoms with Gasteiger partial charge in [-0.05, 0) is 44.0 Å². The first kappa shape index (κ1) is 13.8. The van der Waals surface area contributed by atoms with Crippen molar-refractivity contribution in [1.29, 1.82) is 0 Å². The molecule has 4 heteroatoms. The summed E-state index contributed by atoms with van der Waals surface area (Å²) in [5.74, 6) is -0.812. The molecule has 1 aromatic carbocycles. The normalized spacial score (nSPS) is 12.2. The van der Waals surface area contributed by atoms with Crippen molar-refractivity contribution in [3.8, 4) is 0 Å². The number of carboxylic acid groups (broad SMARTS) is 1. The van der Waals surface area contributed by atoms with E-state index in [0.29, 0.717) is 5.02 Å². The zero-order chi connectivity index (χ0) is 13.0. The van der Waals surface area contributed by atoms with Gasteiger partial charge in [-0.2, -0.15) is 0 Å². The van der Waals surface area contributed by atoms with Crippen LogP contribution in [0.5, 0.6) is 0 Å². The lowest BCUT2D eigenvalue weighted by Crippen LogP contribution is -2.40. The minimum absolute atomic E-state index is 0.533. The maximum Gasteiger partial charge on any atom is 0.326 e. The van der Waals surface area contributed by atoms with Crippen molar-refractivity contribution in [2.75, 3.05) is 11.4 Å². The van der Waals surface area contributed by atoms with Crippen molar-refractivity contribution < 1.29 is 9.90 Å². The molecule has 94 valence electrons. The smallest absolute Gasteiger partial charge is 0.326 e. The number of hydrogen-bond acceptors (Lipinski definition) is 2. The summed E-state index contributed by atoms with van der Waals surface area (Å²) < 4.78 is 0. The van der Waals surface area contributed by atoms with Crippen molar-refractivity contribution in [2.24, 2.45) is 0 Å². The summed E-state index contributed by atoms with van der Waals surface area (Å²) in [4.78, 5) is 13.0. The molecule has 0 aromatic heterocycles. The van der Waals surface area contributed by atoms with Crippen LogP contribution in [0, 0.1) is 6.92 Å². The molecule has 0 amide bonds. The summed E-state index contributed by atoms with van der Waals surface area (Å²) in [6.07, 6.45) is 0.902. The molecule has 1 rings (SSSR count). The summed E-state index contributed by atoms with van der Waals surface area (Å²) in [5.41, 5.74) is 1.94. The first-order chi connectivity index (χ1) is 7.97. The molecular weight excluding hydrogens is 238 g/mol. The van der Waals surface area contributed by atoms with Crippen LogP contribution < -0.4 is 4.90 Å². The number of aryl methyl sites for hydroxylation is 1. The quantitative estimate of drug-likeness (QED) is 0.877. The van der Waals surface area contributed by atoms with Crippen molar-refractivity contribution >= 4 is 23.3 Å². The molecular formula is C13H18ClNO2. The van der Waals surface area contributed by atoms with Crippen LogP contribution in [0.15, 0.2) is 18.2 Å². The standard InChI is InChI=1S/C13H18ClNO2/c1-4-7-15(10(3)13(16)17)12-6-5-11(14)8-9(12)2/h5-6,8,10H,4,7H2,1-3H3,(H,16,17)/t10-/m0/s1. The number of aliphatic carboxylic acids is 1. The molecule has 1 atom stereocenters. The summed E-state index contributed by atoms with van der Waals surface area (Å²) in [6, 6.07) is 5.00. The lowest BCUT2D eigenvalue weighted by Gasteiger charge is -2.29. The number of hydrogen-bond donors (Lipinski definition) is 1. The Bertz CT molecular complexity index is 406. The molecule has 17 heavy (non-hydrogen) atoms. The zero-order valence-corrected chi connectivity index (χ0v) is 11.2. The highest BCUT2D eigenvalue weighted by Gasteiger charge is 2.21. The van der Waals surface area contributed by atoms with Gasteiger partial charge in [-0.1, -0.05) is 18.5 Å². The van der Waals surface area contributed by atoms with Crippen LogP contribution in [0.4, 0.5) is 5.69 Å². The van der Waals surface area contributed by atoms with E-state index in [9.17, 15) is 4.79 Å². The molecule has 0 aliphatic carbocycles. The lowest BCUT2D eigenvalue weighted by atomic mass is 10.1. The van der Waals surface area contributed by atoms with Crippen molar-refractivity contribution in [1.82, 2.24) is 0 Å². The van der Waals surface area contributed by atoms with Crippen LogP contribution >= 0.6 is 11.6 Å². The van der Waals surface area contributed by atoms with Gasteiger partial charge in [0, 0.05) is 17.3 Å². The second kappa shape index (κ2) is 5.92. The van der Waals surface area contributed by atoms with Crippen LogP contribution in [-0.2, 0) is 4.79 Å². The van der Waals surface area contributed by atoms with Gasteiger partial charge in [0.1, 0.15) is 6.04 Å². The number of anilines is 1. The van der Waals surface area contributed by atoms with Gasteiger partial charge < -0.3 is 10.0 Å². The minimum Gasteiger partial charge on any atom is -0.480 e. The third kappa shape index (κ3) is 3.37. The summed E-state index contributed by atoms with van der Waals surface area (Å²) >= 11 is 5.91. The van der Waals surface area contributed by atoms with Crippen molar-refractivity contribution in [3.63, 3.8) is 0 Å². The van der Waals surface area contributed by atoms with Crippen LogP contribution in [0.3, 0.4) is 0 Å². The molecule has 0 spiro atoms. The van der Waals surface area contributed by atoms with E-state index in [1.54, 1.807) is 13.0 Å². The Hall–Kier alpha value is -1.22. The van der Waals surface area contributed by atoms with E-state index < -0.39 is 12.0 Å². The van der Waals surface area contributed by atoms with E-state index in [2.05, 4.69) is 0 Å². The summed E-state index contributed by atoms with van der Waals surface area (Å²) in [6.45, 7) is 6.40. The SMILES string of the molecule is CCCN(c1ccc(Cl)cc1C)[C@@H](C)C(=O)O. The Morgan fingerprint density at radius 3 is 2.65 bits per heavy atom. The Labute approximate surface area is 107 Å². The lowest BCUT2D eigenvalue weighted by molar-refractivity contribution is -0.138. The molecule has 0 fully saturated rings. The maximum absolute atomic E-state index is 11.1. The predicted octanol–water partition coefficient (Wildman–Crippen LogP) is 3.34. The minimum atomic E-state index is -0.812. The monoisotopic (exact) mass is 255 g/mol. The molecule has 0 bridgehead atoms. The first-order valence-corrected chi connectivity index (χ1v) is 6.10. The van der Waals surface area contributed by atoms with Gasteiger partial charge in [0.05, 0.1) is 0 Å². The van der Waals surface area contributed by atoms with Gasteiger partial charge in [0.15, 0.2) is 0 Å². The molecule has 0 aliphatic rings. The van der Waals surface area contributed by atoms with Crippen LogP contribution in [0.25, 0.3) is 0 Å². The van der Waals surface area contributed by atoms with E-state index in [4.69, 9.17) is 16.7 Å². The molecule has 0 saturated carbocycles. The molecule has 1 N–H and O–H groups in total. The molecule has 1 aromatic rings. The average Bonchev–Trinajstić information content (AvgIpc) is 2.26. The molecule has 0 unspecified atom stereocenters. The largest absolute Gasteiger partial charge is 0.480 e. The van der Waals surface area contributed by atoms with Gasteiger partial charge in [-0.3, -0.25) is 0 Å². The second-order valence-electron chi connectivity index (χ2n) is 4.14. The van der Waals surface area contributed by atoms with E-state index in [-0.39, 0.29) is 0 Å². The highest BCUT2D eigenvalue weighted by molar-refractivity contribution is 6.30. The fraction of sp³-hybridized carbons (Fsp3) is 0.462. The number of carboxylic acids is 1. The topological polar surface area (TPSA) is 40.5 Å². The first-order valence-electron chi connectivity index (χ1n) is 5.73. The molecule has 0 aliphatic heterocycles. The van der Waals surface area contributed by atoms with Crippen LogP contribution in [0.2, 0.25) is 5.02 Å². The van der Waals surface area contributed by atoms with Gasteiger partial charge >= 0.3 is 5.97 Å². The highest BCUT2D eigenvalue weighted by Crippen LogP contribution is 2.25. The Balaban J connectivity index is 3.09. The second-order valence-corrected chi connectivity index (χ2v) is 4.57. The van der Waals surface area contributed by atoms with Crippen LogP contribution in [0.1, 0.15) is 25.8 Å². The van der Waals surface area contributed by atoms with Gasteiger partial charge in [-0.25, -0.2) is 4.79 Å². The predicted molar refractivity (Wildman–Crippen MR) is 70.9 cm³/mol. The molecule has 3 nitrogen and oxygen atoms in total. The number of nitrogens with zero attached hydrogens (tertiary/aromatic N) is 1. The zero-order valence-electron chi connectivity index (χ0n) is 10.4. The van der Waals surface area contributed by atoms with Gasteiger partial charge in [0.2, 0.25) is 0 Å². The molecule has 0 radical (unpaired) electrons. The maximum atomic E-state index is 11.1. The summed E-state index contributed by atoms with van der Waals surface area (Å²) in [5, 5.41) is 9.79. The van der Waals surface area contributed by atoms with E-state index in [1.807, 2.05) is 30.9 Å². The highest BCUT2D eigenvalue weighted by atomic mass is 35.5. The van der Waals surface area contributed by atoms with Crippen molar-refractivity contribution in [2.45, 2.75) is 33.2 Å². The van der Waals surface area contributed by atoms with Crippen LogP contribution in [-0.4, -0.2) is 23.7 Å². The third-order valence-electron chi connectivity index (χ3n) is 2.76. The van der Waals surface area contributed by atoms with Gasteiger partial charge in [0.25, 0.3) is 0 Å². The fourth-order valence-electron chi connectivity index (χ4n) is 1.84. The molecule has 0 saturated heterocycles. The van der Waals surface area contributed by atoms with E-state index in [0.717, 1.165) is 24.2 Å². The van der Waals surface area contributed by atoms with E-state index >= 15 is 0 Å². The summed E-state index contributed by atoms with van der Waals surface area (Å²) in [7, 11) is 0.